The molecule has 0 aliphatic carbocycles. The Kier molecular flexibility index (Phi) is 6.53. The third kappa shape index (κ3) is 4.64. The van der Waals surface area contributed by atoms with Gasteiger partial charge in [-0.2, -0.15) is 0 Å². The van der Waals surface area contributed by atoms with E-state index in [4.69, 9.17) is 17.3 Å². The number of hydrogen-bond donors (Lipinski definition) is 1. The van der Waals surface area contributed by atoms with Gasteiger partial charge < -0.3 is 5.73 Å². The Balaban J connectivity index is 2.41. The van der Waals surface area contributed by atoms with Gasteiger partial charge in [-0.1, -0.05) is 62.8 Å². The summed E-state index contributed by atoms with van der Waals surface area (Å²) in [7, 11) is 0. The molecule has 0 aliphatic rings. The lowest BCUT2D eigenvalue weighted by molar-refractivity contribution is 0.551. The summed E-state index contributed by atoms with van der Waals surface area (Å²) in [4.78, 5) is 0. The van der Waals surface area contributed by atoms with Gasteiger partial charge in [0.2, 0.25) is 0 Å². The summed E-state index contributed by atoms with van der Waals surface area (Å²) in [6.45, 7) is 2.19. The minimum absolute atomic E-state index is 0.153. The summed E-state index contributed by atoms with van der Waals surface area (Å²) >= 11 is 5.90. The molecule has 0 saturated heterocycles. The van der Waals surface area contributed by atoms with Gasteiger partial charge in [-0.25, -0.2) is 4.39 Å². The van der Waals surface area contributed by atoms with Crippen LogP contribution in [0, 0.1) is 5.82 Å². The highest BCUT2D eigenvalue weighted by molar-refractivity contribution is 6.31. The van der Waals surface area contributed by atoms with Gasteiger partial charge in [-0.15, -0.1) is 0 Å². The number of halogens is 2. The molecule has 1 aromatic carbocycles. The Morgan fingerprint density at radius 1 is 1.24 bits per heavy atom. The third-order valence-electron chi connectivity index (χ3n) is 3.00. The van der Waals surface area contributed by atoms with E-state index in [0.717, 1.165) is 18.4 Å². The van der Waals surface area contributed by atoms with Gasteiger partial charge in [0, 0.05) is 6.04 Å². The van der Waals surface area contributed by atoms with E-state index >= 15 is 0 Å². The van der Waals surface area contributed by atoms with E-state index < -0.39 is 0 Å². The molecule has 1 atom stereocenters. The van der Waals surface area contributed by atoms with Gasteiger partial charge in [-0.05, 0) is 18.1 Å². The zero-order valence-corrected chi connectivity index (χ0v) is 11.1. The van der Waals surface area contributed by atoms with Gasteiger partial charge >= 0.3 is 0 Å². The summed E-state index contributed by atoms with van der Waals surface area (Å²) in [6.07, 6.45) is 6.90. The number of benzene rings is 1. The topological polar surface area (TPSA) is 26.0 Å². The molecule has 0 fully saturated rings. The maximum absolute atomic E-state index is 13.2. The highest BCUT2D eigenvalue weighted by Gasteiger charge is 2.12. The number of unbranched alkanes of at least 4 members (excludes halogenated alkanes) is 4. The van der Waals surface area contributed by atoms with E-state index in [0.29, 0.717) is 0 Å². The van der Waals surface area contributed by atoms with Crippen LogP contribution in [-0.4, -0.2) is 0 Å². The van der Waals surface area contributed by atoms with Gasteiger partial charge in [0.15, 0.2) is 0 Å². The van der Waals surface area contributed by atoms with E-state index in [-0.39, 0.29) is 16.9 Å². The van der Waals surface area contributed by atoms with Gasteiger partial charge in [0.25, 0.3) is 0 Å². The maximum Gasteiger partial charge on any atom is 0.142 e. The van der Waals surface area contributed by atoms with Crippen molar-refractivity contribution < 1.29 is 4.39 Å². The second-order valence-electron chi connectivity index (χ2n) is 4.45. The van der Waals surface area contributed by atoms with Crippen molar-refractivity contribution in [3.05, 3.63) is 34.6 Å². The fourth-order valence-electron chi connectivity index (χ4n) is 1.93. The van der Waals surface area contributed by atoms with Crippen molar-refractivity contribution in [3.63, 3.8) is 0 Å². The second-order valence-corrected chi connectivity index (χ2v) is 4.83. The zero-order chi connectivity index (χ0) is 12.7. The van der Waals surface area contributed by atoms with Crippen LogP contribution in [0.25, 0.3) is 0 Å². The van der Waals surface area contributed by atoms with Crippen LogP contribution in [0.5, 0.6) is 0 Å². The SMILES string of the molecule is CCCCCCCC(N)c1cccc(F)c1Cl. The molecule has 1 unspecified atom stereocenters. The molecule has 1 aromatic rings. The molecule has 0 saturated carbocycles. The molecule has 0 radical (unpaired) electrons. The van der Waals surface area contributed by atoms with Crippen LogP contribution >= 0.6 is 11.6 Å². The van der Waals surface area contributed by atoms with Gasteiger partial charge in [0.05, 0.1) is 5.02 Å². The fourth-order valence-corrected chi connectivity index (χ4v) is 2.20. The summed E-state index contributed by atoms with van der Waals surface area (Å²) in [5.41, 5.74) is 6.75. The lowest BCUT2D eigenvalue weighted by Gasteiger charge is -2.13. The largest absolute Gasteiger partial charge is 0.324 e. The van der Waals surface area contributed by atoms with Crippen LogP contribution in [0.4, 0.5) is 4.39 Å². The first kappa shape index (κ1) is 14.5. The Hall–Kier alpha value is -0.600. The van der Waals surface area contributed by atoms with Crippen LogP contribution in [0.1, 0.15) is 57.1 Å². The number of nitrogens with two attached hydrogens (primary N) is 1. The van der Waals surface area contributed by atoms with Crippen LogP contribution in [0.2, 0.25) is 5.02 Å². The normalized spacial score (nSPS) is 12.7. The first-order valence-electron chi connectivity index (χ1n) is 6.36. The summed E-state index contributed by atoms with van der Waals surface area (Å²) < 4.78 is 13.2. The molecule has 2 N–H and O–H groups in total. The van der Waals surface area contributed by atoms with E-state index in [2.05, 4.69) is 6.92 Å². The number of hydrogen-bond acceptors (Lipinski definition) is 1. The molecule has 0 amide bonds. The van der Waals surface area contributed by atoms with Crippen LogP contribution in [0.15, 0.2) is 18.2 Å². The molecule has 1 nitrogen and oxygen atoms in total. The maximum atomic E-state index is 13.2. The van der Waals surface area contributed by atoms with Crippen molar-refractivity contribution in [3.8, 4) is 0 Å². The molecule has 0 spiro atoms. The average Bonchev–Trinajstić information content (AvgIpc) is 2.32. The lowest BCUT2D eigenvalue weighted by Crippen LogP contribution is -2.11. The zero-order valence-electron chi connectivity index (χ0n) is 10.4. The summed E-state index contributed by atoms with van der Waals surface area (Å²) in [6, 6.07) is 4.68. The minimum atomic E-state index is -0.384. The summed E-state index contributed by atoms with van der Waals surface area (Å²) in [5, 5.41) is 0.175. The van der Waals surface area contributed by atoms with Gasteiger partial charge in [-0.3, -0.25) is 0 Å². The first-order chi connectivity index (χ1) is 8.16. The molecule has 0 aliphatic heterocycles. The van der Waals surface area contributed by atoms with Crippen molar-refractivity contribution >= 4 is 11.6 Å². The molecule has 3 heteroatoms. The minimum Gasteiger partial charge on any atom is -0.324 e. The van der Waals surface area contributed by atoms with Crippen molar-refractivity contribution in [2.24, 2.45) is 5.73 Å². The molecule has 0 aromatic heterocycles. The third-order valence-corrected chi connectivity index (χ3v) is 3.40. The molecule has 17 heavy (non-hydrogen) atoms. The Bertz CT molecular complexity index is 341. The van der Waals surface area contributed by atoms with Crippen molar-refractivity contribution in [1.29, 1.82) is 0 Å². The van der Waals surface area contributed by atoms with Crippen LogP contribution < -0.4 is 5.73 Å². The van der Waals surface area contributed by atoms with E-state index in [1.807, 2.05) is 6.07 Å². The molecular formula is C14H21ClFN. The van der Waals surface area contributed by atoms with Crippen LogP contribution in [-0.2, 0) is 0 Å². The highest BCUT2D eigenvalue weighted by atomic mass is 35.5. The predicted octanol–water partition coefficient (Wildman–Crippen LogP) is 4.84. The van der Waals surface area contributed by atoms with Gasteiger partial charge in [0.1, 0.15) is 5.82 Å². The van der Waals surface area contributed by atoms with Crippen molar-refractivity contribution in [2.75, 3.05) is 0 Å². The standard InChI is InChI=1S/C14H21ClFN/c1-2-3-4-5-6-10-13(17)11-8-7-9-12(16)14(11)15/h7-9,13H,2-6,10,17H2,1H3. The molecular weight excluding hydrogens is 237 g/mol. The monoisotopic (exact) mass is 257 g/mol. The Morgan fingerprint density at radius 2 is 1.94 bits per heavy atom. The number of rotatable bonds is 7. The molecule has 0 heterocycles. The Labute approximate surface area is 108 Å². The molecule has 96 valence electrons. The first-order valence-corrected chi connectivity index (χ1v) is 6.74. The summed E-state index contributed by atoms with van der Waals surface area (Å²) in [5.74, 6) is -0.384. The fraction of sp³-hybridized carbons (Fsp3) is 0.571. The smallest absolute Gasteiger partial charge is 0.142 e. The predicted molar refractivity (Wildman–Crippen MR) is 71.7 cm³/mol. The van der Waals surface area contributed by atoms with Crippen molar-refractivity contribution in [1.82, 2.24) is 0 Å². The van der Waals surface area contributed by atoms with E-state index in [9.17, 15) is 4.39 Å². The van der Waals surface area contributed by atoms with Crippen molar-refractivity contribution in [2.45, 2.75) is 51.5 Å². The molecule has 0 bridgehead atoms. The average molecular weight is 258 g/mol. The lowest BCUT2D eigenvalue weighted by atomic mass is 10.0. The quantitative estimate of drug-likeness (QED) is 0.695. The Morgan fingerprint density at radius 3 is 2.65 bits per heavy atom. The van der Waals surface area contributed by atoms with Crippen LogP contribution in [0.3, 0.4) is 0 Å². The highest BCUT2D eigenvalue weighted by Crippen LogP contribution is 2.27. The molecule has 1 rings (SSSR count). The van der Waals surface area contributed by atoms with E-state index in [1.165, 1.54) is 31.7 Å². The van der Waals surface area contributed by atoms with E-state index in [1.54, 1.807) is 6.07 Å². The second kappa shape index (κ2) is 7.67.